The van der Waals surface area contributed by atoms with Crippen LogP contribution < -0.4 is 5.43 Å². The van der Waals surface area contributed by atoms with Gasteiger partial charge < -0.3 is 4.74 Å². The van der Waals surface area contributed by atoms with Crippen LogP contribution in [0.5, 0.6) is 0 Å². The third kappa shape index (κ3) is 4.13. The Labute approximate surface area is 150 Å². The lowest BCUT2D eigenvalue weighted by molar-refractivity contribution is -0.137. The number of fused-ring (bicyclic) bond motifs is 1. The molecule has 1 N–H and O–H groups in total. The highest BCUT2D eigenvalue weighted by molar-refractivity contribution is 5.94. The summed E-state index contributed by atoms with van der Waals surface area (Å²) in [6, 6.07) is 8.59. The van der Waals surface area contributed by atoms with Crippen molar-refractivity contribution < 1.29 is 31.9 Å². The van der Waals surface area contributed by atoms with Crippen molar-refractivity contribution in [2.24, 2.45) is 5.10 Å². The van der Waals surface area contributed by atoms with Crippen molar-refractivity contribution in [2.75, 3.05) is 0 Å². The number of ether oxygens (including phenoxy) is 1. The van der Waals surface area contributed by atoms with Crippen molar-refractivity contribution >= 4 is 18.1 Å². The lowest BCUT2D eigenvalue weighted by Gasteiger charge is -2.09. The topological polar surface area (TPSA) is 67.8 Å². The quantitative estimate of drug-likeness (QED) is 0.382. The first-order chi connectivity index (χ1) is 12.8. The number of cyclic esters (lactones) is 1. The van der Waals surface area contributed by atoms with Crippen molar-refractivity contribution in [1.29, 1.82) is 0 Å². The summed E-state index contributed by atoms with van der Waals surface area (Å²) in [5.74, 6) is -2.26. The molecule has 0 saturated carbocycles. The second-order valence-electron chi connectivity index (χ2n) is 5.71. The fourth-order valence-corrected chi connectivity index (χ4v) is 2.57. The van der Waals surface area contributed by atoms with E-state index >= 15 is 0 Å². The smallest absolute Gasteiger partial charge is 0.416 e. The number of carbonyl (C=O) groups excluding carboxylic acids is 2. The number of hydrogen-bond donors (Lipinski definition) is 1. The number of hydrogen-bond acceptors (Lipinski definition) is 4. The zero-order valence-corrected chi connectivity index (χ0v) is 13.6. The third-order valence-electron chi connectivity index (χ3n) is 3.87. The van der Waals surface area contributed by atoms with Gasteiger partial charge in [-0.15, -0.1) is 0 Å². The van der Waals surface area contributed by atoms with Crippen LogP contribution >= 0.6 is 0 Å². The molecule has 0 bridgehead atoms. The van der Waals surface area contributed by atoms with Gasteiger partial charge in [-0.05, 0) is 24.3 Å². The fourth-order valence-electron chi connectivity index (χ4n) is 2.57. The molecule has 3 rings (SSSR count). The fraction of sp³-hybridized carbons (Fsp3) is 0.167. The summed E-state index contributed by atoms with van der Waals surface area (Å²) in [7, 11) is 0. The Kier molecular flexibility index (Phi) is 4.93. The first-order valence-corrected chi connectivity index (χ1v) is 7.74. The molecule has 5 nitrogen and oxygen atoms in total. The van der Waals surface area contributed by atoms with Crippen LogP contribution in [0.2, 0.25) is 0 Å². The summed E-state index contributed by atoms with van der Waals surface area (Å²) in [5.41, 5.74) is 1.74. The molecule has 1 amide bonds. The molecule has 9 heteroatoms. The number of nitrogens with one attached hydrogen (secondary N) is 1. The van der Waals surface area contributed by atoms with Crippen LogP contribution in [0.15, 0.2) is 47.6 Å². The number of hydrazone groups is 1. The van der Waals surface area contributed by atoms with E-state index in [4.69, 9.17) is 4.74 Å². The normalized spacial score (nSPS) is 16.3. The SMILES string of the molecule is O=C(CC1OC(=O)c2ccccc21)NN=Cc1ccc(C(F)(F)F)cc1F. The highest BCUT2D eigenvalue weighted by atomic mass is 19.4. The van der Waals surface area contributed by atoms with Crippen molar-refractivity contribution in [1.82, 2.24) is 5.43 Å². The maximum absolute atomic E-state index is 13.7. The van der Waals surface area contributed by atoms with Gasteiger partial charge in [-0.1, -0.05) is 18.2 Å². The number of benzene rings is 2. The number of esters is 1. The van der Waals surface area contributed by atoms with Crippen LogP contribution in [0.3, 0.4) is 0 Å². The molecule has 0 aromatic heterocycles. The third-order valence-corrected chi connectivity index (χ3v) is 3.87. The summed E-state index contributed by atoms with van der Waals surface area (Å²) in [5, 5.41) is 3.52. The number of alkyl halides is 3. The zero-order chi connectivity index (χ0) is 19.6. The monoisotopic (exact) mass is 380 g/mol. The van der Waals surface area contributed by atoms with Gasteiger partial charge in [-0.25, -0.2) is 14.6 Å². The van der Waals surface area contributed by atoms with Gasteiger partial charge in [0.05, 0.1) is 23.8 Å². The van der Waals surface area contributed by atoms with E-state index in [1.807, 2.05) is 0 Å². The minimum atomic E-state index is -4.65. The van der Waals surface area contributed by atoms with Crippen molar-refractivity contribution in [3.8, 4) is 0 Å². The van der Waals surface area contributed by atoms with Gasteiger partial charge >= 0.3 is 12.1 Å². The van der Waals surface area contributed by atoms with Gasteiger partial charge in [-0.2, -0.15) is 18.3 Å². The van der Waals surface area contributed by atoms with Gasteiger partial charge in [0.25, 0.3) is 0 Å². The van der Waals surface area contributed by atoms with Crippen LogP contribution in [-0.2, 0) is 15.7 Å². The lowest BCUT2D eigenvalue weighted by Crippen LogP contribution is -2.20. The first kappa shape index (κ1) is 18.6. The average Bonchev–Trinajstić information content (AvgIpc) is 2.91. The Balaban J connectivity index is 1.61. The molecule has 0 fully saturated rings. The summed E-state index contributed by atoms with van der Waals surface area (Å²) in [6.45, 7) is 0. The minimum Gasteiger partial charge on any atom is -0.453 e. The number of carbonyl (C=O) groups is 2. The number of amides is 1. The summed E-state index contributed by atoms with van der Waals surface area (Å²) in [4.78, 5) is 23.6. The van der Waals surface area contributed by atoms with Crippen LogP contribution in [0.1, 0.15) is 39.6 Å². The van der Waals surface area contributed by atoms with Crippen LogP contribution in [-0.4, -0.2) is 18.1 Å². The predicted octanol–water partition coefficient (Wildman–Crippen LogP) is 3.60. The molecular formula is C18H12F4N2O3. The zero-order valence-electron chi connectivity index (χ0n) is 13.6. The number of halogens is 4. The Bertz CT molecular complexity index is 925. The average molecular weight is 380 g/mol. The first-order valence-electron chi connectivity index (χ1n) is 7.74. The van der Waals surface area contributed by atoms with Gasteiger partial charge in [0, 0.05) is 11.1 Å². The number of rotatable bonds is 4. The van der Waals surface area contributed by atoms with Crippen molar-refractivity contribution in [2.45, 2.75) is 18.7 Å². The lowest BCUT2D eigenvalue weighted by atomic mass is 10.0. The highest BCUT2D eigenvalue weighted by Gasteiger charge is 2.32. The Morgan fingerprint density at radius 3 is 2.67 bits per heavy atom. The Hall–Kier alpha value is -3.23. The van der Waals surface area contributed by atoms with E-state index in [2.05, 4.69) is 10.5 Å². The van der Waals surface area contributed by atoms with Crippen LogP contribution in [0, 0.1) is 5.82 Å². The van der Waals surface area contributed by atoms with E-state index in [9.17, 15) is 27.2 Å². The molecule has 1 aliphatic rings. The highest BCUT2D eigenvalue weighted by Crippen LogP contribution is 2.32. The number of nitrogens with zero attached hydrogens (tertiary/aromatic N) is 1. The van der Waals surface area contributed by atoms with E-state index in [1.54, 1.807) is 24.3 Å². The molecular weight excluding hydrogens is 368 g/mol. The van der Waals surface area contributed by atoms with E-state index < -0.39 is 35.5 Å². The van der Waals surface area contributed by atoms with Crippen LogP contribution in [0.4, 0.5) is 17.6 Å². The van der Waals surface area contributed by atoms with Crippen molar-refractivity contribution in [3.05, 3.63) is 70.5 Å². The molecule has 1 heterocycles. The molecule has 0 spiro atoms. The van der Waals surface area contributed by atoms with E-state index in [1.165, 1.54) is 0 Å². The van der Waals surface area contributed by atoms with Crippen LogP contribution in [0.25, 0.3) is 0 Å². The minimum absolute atomic E-state index is 0.199. The van der Waals surface area contributed by atoms with Gasteiger partial charge in [0.15, 0.2) is 0 Å². The molecule has 1 aliphatic heterocycles. The maximum Gasteiger partial charge on any atom is 0.416 e. The van der Waals surface area contributed by atoms with E-state index in [0.717, 1.165) is 12.3 Å². The molecule has 27 heavy (non-hydrogen) atoms. The molecule has 0 radical (unpaired) electrons. The Morgan fingerprint density at radius 2 is 1.96 bits per heavy atom. The van der Waals surface area contributed by atoms with E-state index in [-0.39, 0.29) is 12.0 Å². The summed E-state index contributed by atoms with van der Waals surface area (Å²) < 4.78 is 56.3. The van der Waals surface area contributed by atoms with Gasteiger partial charge in [0.1, 0.15) is 11.9 Å². The van der Waals surface area contributed by atoms with E-state index in [0.29, 0.717) is 23.3 Å². The van der Waals surface area contributed by atoms with Gasteiger partial charge in [0.2, 0.25) is 5.91 Å². The molecule has 2 aromatic rings. The standard InChI is InChI=1S/C18H12F4N2O3/c19-14-7-11(18(20,21)22)6-5-10(14)9-23-24-16(25)8-15-12-3-1-2-4-13(12)17(26)27-15/h1-7,9,15H,8H2,(H,24,25). The second-order valence-corrected chi connectivity index (χ2v) is 5.71. The molecule has 1 atom stereocenters. The summed E-state index contributed by atoms with van der Waals surface area (Å²) >= 11 is 0. The summed E-state index contributed by atoms with van der Waals surface area (Å²) in [6.07, 6.45) is -4.72. The largest absolute Gasteiger partial charge is 0.453 e. The van der Waals surface area contributed by atoms with Crippen molar-refractivity contribution in [3.63, 3.8) is 0 Å². The molecule has 140 valence electrons. The predicted molar refractivity (Wildman–Crippen MR) is 86.4 cm³/mol. The molecule has 2 aromatic carbocycles. The maximum atomic E-state index is 13.7. The molecule has 0 aliphatic carbocycles. The second kappa shape index (κ2) is 7.18. The molecule has 0 saturated heterocycles. The Morgan fingerprint density at radius 1 is 1.22 bits per heavy atom. The van der Waals surface area contributed by atoms with Gasteiger partial charge in [-0.3, -0.25) is 4.79 Å². The molecule has 1 unspecified atom stereocenters.